The van der Waals surface area contributed by atoms with Crippen molar-refractivity contribution in [1.29, 1.82) is 0 Å². The molecule has 0 spiro atoms. The standard InChI is InChI=1S/C16H19N2O4/c1-17-18(16(21)10-11-22-2)14(12-19)15(20)9-8-13-6-4-3-5-7-13/h3-9,14,17H,10-11H2,1-2H3. The van der Waals surface area contributed by atoms with Crippen LogP contribution in [0.2, 0.25) is 0 Å². The first-order valence-corrected chi connectivity index (χ1v) is 6.77. The Morgan fingerprint density at radius 1 is 1.36 bits per heavy atom. The van der Waals surface area contributed by atoms with Gasteiger partial charge in [-0.1, -0.05) is 36.4 Å². The Kier molecular flexibility index (Phi) is 7.74. The fraction of sp³-hybridized carbons (Fsp3) is 0.312. The highest BCUT2D eigenvalue weighted by Gasteiger charge is 2.27. The van der Waals surface area contributed by atoms with Gasteiger partial charge in [0, 0.05) is 14.2 Å². The molecule has 1 atom stereocenters. The summed E-state index contributed by atoms with van der Waals surface area (Å²) in [6.45, 7) is 0.205. The molecule has 0 saturated heterocycles. The van der Waals surface area contributed by atoms with Gasteiger partial charge in [0.15, 0.2) is 11.8 Å². The number of hydrogen-bond donors (Lipinski definition) is 1. The SMILES string of the molecule is CNN(C(=O)CCOC)C([C]=O)C(=O)C=Cc1ccccc1. The second-order valence-corrected chi connectivity index (χ2v) is 4.40. The van der Waals surface area contributed by atoms with Crippen LogP contribution in [0.4, 0.5) is 0 Å². The summed E-state index contributed by atoms with van der Waals surface area (Å²) in [5.41, 5.74) is 3.37. The van der Waals surface area contributed by atoms with Crippen LogP contribution in [0.15, 0.2) is 36.4 Å². The van der Waals surface area contributed by atoms with E-state index in [1.165, 1.54) is 20.2 Å². The van der Waals surface area contributed by atoms with Crippen LogP contribution in [0, 0.1) is 0 Å². The highest BCUT2D eigenvalue weighted by atomic mass is 16.5. The summed E-state index contributed by atoms with van der Waals surface area (Å²) in [7, 11) is 2.93. The van der Waals surface area contributed by atoms with Crippen LogP contribution < -0.4 is 5.43 Å². The van der Waals surface area contributed by atoms with E-state index in [0.717, 1.165) is 10.6 Å². The second kappa shape index (κ2) is 9.59. The lowest BCUT2D eigenvalue weighted by Crippen LogP contribution is -2.52. The van der Waals surface area contributed by atoms with E-state index in [1.54, 1.807) is 12.4 Å². The van der Waals surface area contributed by atoms with E-state index in [1.807, 2.05) is 30.3 Å². The third-order valence-electron chi connectivity index (χ3n) is 2.91. The lowest BCUT2D eigenvalue weighted by Gasteiger charge is -2.24. The van der Waals surface area contributed by atoms with E-state index in [0.29, 0.717) is 0 Å². The number of ketones is 1. The van der Waals surface area contributed by atoms with Gasteiger partial charge in [-0.25, -0.2) is 5.43 Å². The molecule has 0 aromatic heterocycles. The van der Waals surface area contributed by atoms with Gasteiger partial charge in [-0.3, -0.25) is 19.4 Å². The van der Waals surface area contributed by atoms with Crippen LogP contribution in [0.5, 0.6) is 0 Å². The Balaban J connectivity index is 2.79. The normalized spacial score (nSPS) is 12.1. The Morgan fingerprint density at radius 2 is 2.05 bits per heavy atom. The molecular formula is C16H19N2O4. The number of amides is 1. The van der Waals surface area contributed by atoms with Gasteiger partial charge >= 0.3 is 0 Å². The molecule has 0 heterocycles. The monoisotopic (exact) mass is 303 g/mol. The Hall–Kier alpha value is -2.31. The van der Waals surface area contributed by atoms with Crippen LogP contribution in [0.1, 0.15) is 12.0 Å². The average molecular weight is 303 g/mol. The Bertz CT molecular complexity index is 528. The van der Waals surface area contributed by atoms with Gasteiger partial charge < -0.3 is 4.74 Å². The highest BCUT2D eigenvalue weighted by Crippen LogP contribution is 2.04. The zero-order valence-electron chi connectivity index (χ0n) is 12.6. The zero-order chi connectivity index (χ0) is 16.4. The van der Waals surface area contributed by atoms with Gasteiger partial charge in [0.1, 0.15) is 0 Å². The number of rotatable bonds is 9. The topological polar surface area (TPSA) is 75.7 Å². The van der Waals surface area contributed by atoms with Crippen molar-refractivity contribution in [2.45, 2.75) is 12.5 Å². The van der Waals surface area contributed by atoms with Crippen LogP contribution in [-0.2, 0) is 19.1 Å². The van der Waals surface area contributed by atoms with Gasteiger partial charge in [0.05, 0.1) is 13.0 Å². The maximum Gasteiger partial charge on any atom is 0.240 e. The van der Waals surface area contributed by atoms with Gasteiger partial charge in [-0.05, 0) is 11.6 Å². The van der Waals surface area contributed by atoms with Crippen molar-refractivity contribution >= 4 is 24.1 Å². The quantitative estimate of drug-likeness (QED) is 0.414. The fourth-order valence-corrected chi connectivity index (χ4v) is 1.78. The largest absolute Gasteiger partial charge is 0.384 e. The highest BCUT2D eigenvalue weighted by molar-refractivity contribution is 6.08. The van der Waals surface area contributed by atoms with E-state index >= 15 is 0 Å². The molecule has 1 rings (SSSR count). The minimum atomic E-state index is -1.32. The molecule has 0 aliphatic rings. The minimum absolute atomic E-state index is 0.0607. The molecule has 22 heavy (non-hydrogen) atoms. The van der Waals surface area contributed by atoms with Gasteiger partial charge in [-0.15, -0.1) is 0 Å². The van der Waals surface area contributed by atoms with E-state index < -0.39 is 17.7 Å². The second-order valence-electron chi connectivity index (χ2n) is 4.40. The lowest BCUT2D eigenvalue weighted by molar-refractivity contribution is -0.139. The van der Waals surface area contributed by atoms with Crippen LogP contribution >= 0.6 is 0 Å². The number of nitrogens with one attached hydrogen (secondary N) is 1. The number of methoxy groups -OCH3 is 1. The number of benzene rings is 1. The predicted molar refractivity (Wildman–Crippen MR) is 82.4 cm³/mol. The molecule has 6 heteroatoms. The molecule has 1 aromatic carbocycles. The van der Waals surface area contributed by atoms with Gasteiger partial charge in [-0.2, -0.15) is 0 Å². The summed E-state index contributed by atoms with van der Waals surface area (Å²) in [6, 6.07) is 7.85. The van der Waals surface area contributed by atoms with Crippen LogP contribution in [0.3, 0.4) is 0 Å². The molecule has 117 valence electrons. The smallest absolute Gasteiger partial charge is 0.240 e. The number of hydrogen-bond acceptors (Lipinski definition) is 5. The van der Waals surface area contributed by atoms with Crippen molar-refractivity contribution in [2.75, 3.05) is 20.8 Å². The molecule has 0 bridgehead atoms. The first-order chi connectivity index (χ1) is 10.6. The summed E-state index contributed by atoms with van der Waals surface area (Å²) in [5.74, 6) is -0.946. The van der Waals surface area contributed by atoms with Crippen molar-refractivity contribution in [2.24, 2.45) is 0 Å². The summed E-state index contributed by atoms with van der Waals surface area (Å²) in [4.78, 5) is 35.1. The Labute approximate surface area is 129 Å². The molecule has 0 aliphatic carbocycles. The van der Waals surface area contributed by atoms with Crippen molar-refractivity contribution in [3.63, 3.8) is 0 Å². The minimum Gasteiger partial charge on any atom is -0.384 e. The number of ether oxygens (including phenoxy) is 1. The molecule has 0 saturated carbocycles. The van der Waals surface area contributed by atoms with E-state index in [9.17, 15) is 14.4 Å². The molecule has 1 aromatic rings. The van der Waals surface area contributed by atoms with Gasteiger partial charge in [0.2, 0.25) is 12.2 Å². The molecule has 1 N–H and O–H groups in total. The number of carbonyl (C=O) groups excluding carboxylic acids is 3. The third-order valence-corrected chi connectivity index (χ3v) is 2.91. The number of carbonyl (C=O) groups is 2. The maximum absolute atomic E-state index is 12.1. The van der Waals surface area contributed by atoms with E-state index in [4.69, 9.17) is 4.74 Å². The number of nitrogens with zero attached hydrogens (tertiary/aromatic N) is 1. The van der Waals surface area contributed by atoms with Crippen molar-refractivity contribution < 1.29 is 19.1 Å². The summed E-state index contributed by atoms with van der Waals surface area (Å²) in [5, 5.41) is 0.962. The fourth-order valence-electron chi connectivity index (χ4n) is 1.78. The van der Waals surface area contributed by atoms with Crippen LogP contribution in [0.25, 0.3) is 6.08 Å². The summed E-state index contributed by atoms with van der Waals surface area (Å²) >= 11 is 0. The molecule has 0 fully saturated rings. The van der Waals surface area contributed by atoms with Crippen molar-refractivity contribution in [1.82, 2.24) is 10.4 Å². The first-order valence-electron chi connectivity index (χ1n) is 6.77. The lowest BCUT2D eigenvalue weighted by atomic mass is 10.1. The predicted octanol–water partition coefficient (Wildman–Crippen LogP) is 0.747. The third kappa shape index (κ3) is 5.23. The van der Waals surface area contributed by atoms with Gasteiger partial charge in [0.25, 0.3) is 0 Å². The Morgan fingerprint density at radius 3 is 2.59 bits per heavy atom. The van der Waals surface area contributed by atoms with Crippen molar-refractivity contribution in [3.05, 3.63) is 42.0 Å². The first kappa shape index (κ1) is 17.7. The summed E-state index contributed by atoms with van der Waals surface area (Å²) < 4.78 is 4.81. The molecule has 1 radical (unpaired) electrons. The molecule has 1 amide bonds. The van der Waals surface area contributed by atoms with E-state index in [-0.39, 0.29) is 13.0 Å². The number of hydrazine groups is 1. The molecule has 1 unspecified atom stereocenters. The average Bonchev–Trinajstić information content (AvgIpc) is 2.56. The molecule has 6 nitrogen and oxygen atoms in total. The van der Waals surface area contributed by atoms with E-state index in [2.05, 4.69) is 5.43 Å². The summed E-state index contributed by atoms with van der Waals surface area (Å²) in [6.07, 6.45) is 4.50. The zero-order valence-corrected chi connectivity index (χ0v) is 12.6. The molecule has 0 aliphatic heterocycles. The molecular weight excluding hydrogens is 284 g/mol. The van der Waals surface area contributed by atoms with Crippen molar-refractivity contribution in [3.8, 4) is 0 Å². The maximum atomic E-state index is 12.1. The van der Waals surface area contributed by atoms with Crippen LogP contribution in [-0.4, -0.2) is 49.8 Å².